The average Bonchev–Trinajstić information content (AvgIpc) is 2.39. The predicted octanol–water partition coefficient (Wildman–Crippen LogP) is 4.32. The first-order valence-electron chi connectivity index (χ1n) is 6.88. The first-order valence-corrected chi connectivity index (χ1v) is 6.88. The first kappa shape index (κ1) is 15.2. The van der Waals surface area contributed by atoms with Gasteiger partial charge in [-0.05, 0) is 62.6 Å². The number of halogens is 1. The summed E-state index contributed by atoms with van der Waals surface area (Å²) in [6.07, 6.45) is 0. The van der Waals surface area contributed by atoms with E-state index in [2.05, 4.69) is 0 Å². The number of Topliss-reactive ketones (excluding diaryl/α,β-unsaturated/α-hetero) is 1. The van der Waals surface area contributed by atoms with Gasteiger partial charge in [-0.2, -0.15) is 0 Å². The van der Waals surface area contributed by atoms with Gasteiger partial charge in [-0.3, -0.25) is 4.79 Å². The highest BCUT2D eigenvalue weighted by molar-refractivity contribution is 6.00. The molecule has 0 spiro atoms. The van der Waals surface area contributed by atoms with Gasteiger partial charge in [-0.1, -0.05) is 17.7 Å². The molecule has 0 saturated carbocycles. The standard InChI is InChI=1S/C18H19FO2/c1-11-7-13(3)18(14(4)8-11)17(20)10-21-15-5-6-16(19)12(2)9-15/h5-9H,10H2,1-4H3. The molecule has 2 aromatic rings. The van der Waals surface area contributed by atoms with Crippen LogP contribution in [0.25, 0.3) is 0 Å². The molecule has 0 aliphatic heterocycles. The second kappa shape index (κ2) is 6.08. The van der Waals surface area contributed by atoms with E-state index >= 15 is 0 Å². The van der Waals surface area contributed by atoms with E-state index in [1.165, 1.54) is 12.1 Å². The third kappa shape index (κ3) is 3.48. The van der Waals surface area contributed by atoms with Crippen molar-refractivity contribution < 1.29 is 13.9 Å². The lowest BCUT2D eigenvalue weighted by Gasteiger charge is -2.11. The molecule has 0 atom stereocenters. The second-order valence-corrected chi connectivity index (χ2v) is 5.40. The highest BCUT2D eigenvalue weighted by Crippen LogP contribution is 2.19. The summed E-state index contributed by atoms with van der Waals surface area (Å²) in [5, 5.41) is 0. The summed E-state index contributed by atoms with van der Waals surface area (Å²) in [6.45, 7) is 7.48. The lowest BCUT2D eigenvalue weighted by Crippen LogP contribution is -2.14. The Morgan fingerprint density at radius 3 is 2.19 bits per heavy atom. The minimum Gasteiger partial charge on any atom is -0.485 e. The number of ether oxygens (including phenoxy) is 1. The molecular weight excluding hydrogens is 267 g/mol. The molecular formula is C18H19FO2. The third-order valence-electron chi connectivity index (χ3n) is 3.46. The van der Waals surface area contributed by atoms with Gasteiger partial charge >= 0.3 is 0 Å². The largest absolute Gasteiger partial charge is 0.485 e. The van der Waals surface area contributed by atoms with Crippen LogP contribution in [0.5, 0.6) is 5.75 Å². The molecule has 0 N–H and O–H groups in total. The molecule has 0 radical (unpaired) electrons. The Balaban J connectivity index is 2.13. The fraction of sp³-hybridized carbons (Fsp3) is 0.278. The Hall–Kier alpha value is -2.16. The highest BCUT2D eigenvalue weighted by atomic mass is 19.1. The van der Waals surface area contributed by atoms with Gasteiger partial charge in [0.25, 0.3) is 0 Å². The molecule has 0 bridgehead atoms. The molecule has 0 amide bonds. The van der Waals surface area contributed by atoms with Crippen molar-refractivity contribution in [3.05, 3.63) is 64.0 Å². The summed E-state index contributed by atoms with van der Waals surface area (Å²) in [5.41, 5.74) is 4.26. The van der Waals surface area contributed by atoms with E-state index in [0.29, 0.717) is 16.9 Å². The summed E-state index contributed by atoms with van der Waals surface area (Å²) in [5.74, 6) is 0.163. The van der Waals surface area contributed by atoms with Crippen molar-refractivity contribution in [3.8, 4) is 5.75 Å². The molecule has 0 aliphatic carbocycles. The van der Waals surface area contributed by atoms with Crippen LogP contribution in [0, 0.1) is 33.5 Å². The highest BCUT2D eigenvalue weighted by Gasteiger charge is 2.13. The Kier molecular flexibility index (Phi) is 4.41. The van der Waals surface area contributed by atoms with Gasteiger partial charge in [-0.25, -0.2) is 4.39 Å². The monoisotopic (exact) mass is 286 g/mol. The van der Waals surface area contributed by atoms with E-state index in [-0.39, 0.29) is 18.2 Å². The summed E-state index contributed by atoms with van der Waals surface area (Å²) >= 11 is 0. The maximum absolute atomic E-state index is 13.2. The summed E-state index contributed by atoms with van der Waals surface area (Å²) in [7, 11) is 0. The molecule has 2 nitrogen and oxygen atoms in total. The van der Waals surface area contributed by atoms with Crippen LogP contribution in [-0.4, -0.2) is 12.4 Å². The van der Waals surface area contributed by atoms with E-state index in [1.807, 2.05) is 32.9 Å². The number of ketones is 1. The SMILES string of the molecule is Cc1cc(C)c(C(=O)COc2ccc(F)c(C)c2)c(C)c1. The van der Waals surface area contributed by atoms with Crippen molar-refractivity contribution in [2.45, 2.75) is 27.7 Å². The van der Waals surface area contributed by atoms with E-state index < -0.39 is 0 Å². The van der Waals surface area contributed by atoms with Crippen LogP contribution in [0.15, 0.2) is 30.3 Å². The zero-order valence-electron chi connectivity index (χ0n) is 12.8. The Morgan fingerprint density at radius 1 is 1.00 bits per heavy atom. The van der Waals surface area contributed by atoms with E-state index in [0.717, 1.165) is 16.7 Å². The molecule has 3 heteroatoms. The third-order valence-corrected chi connectivity index (χ3v) is 3.46. The smallest absolute Gasteiger partial charge is 0.200 e. The molecule has 0 aliphatic rings. The minimum absolute atomic E-state index is 0.0458. The Morgan fingerprint density at radius 2 is 1.62 bits per heavy atom. The van der Waals surface area contributed by atoms with Crippen LogP contribution in [0.1, 0.15) is 32.6 Å². The molecule has 21 heavy (non-hydrogen) atoms. The summed E-state index contributed by atoms with van der Waals surface area (Å²) in [6, 6.07) is 8.45. The van der Waals surface area contributed by atoms with Gasteiger partial charge < -0.3 is 4.74 Å². The molecule has 0 aromatic heterocycles. The molecule has 0 heterocycles. The number of hydrogen-bond donors (Lipinski definition) is 0. The van der Waals surface area contributed by atoms with Gasteiger partial charge in [0.05, 0.1) is 0 Å². The van der Waals surface area contributed by atoms with Crippen molar-refractivity contribution in [1.82, 2.24) is 0 Å². The quantitative estimate of drug-likeness (QED) is 0.782. The van der Waals surface area contributed by atoms with E-state index in [1.54, 1.807) is 13.0 Å². The number of aryl methyl sites for hydroxylation is 4. The fourth-order valence-corrected chi connectivity index (χ4v) is 2.55. The fourth-order valence-electron chi connectivity index (χ4n) is 2.55. The van der Waals surface area contributed by atoms with Gasteiger partial charge in [0, 0.05) is 5.56 Å². The van der Waals surface area contributed by atoms with Crippen molar-refractivity contribution >= 4 is 5.78 Å². The number of carbonyl (C=O) groups excluding carboxylic acids is 1. The molecule has 0 unspecified atom stereocenters. The zero-order chi connectivity index (χ0) is 15.6. The van der Waals surface area contributed by atoms with Crippen LogP contribution < -0.4 is 4.74 Å². The van der Waals surface area contributed by atoms with Gasteiger partial charge in [0.2, 0.25) is 5.78 Å². The van der Waals surface area contributed by atoms with Crippen LogP contribution in [-0.2, 0) is 0 Å². The van der Waals surface area contributed by atoms with Crippen LogP contribution >= 0.6 is 0 Å². The minimum atomic E-state index is -0.279. The lowest BCUT2D eigenvalue weighted by molar-refractivity contribution is 0.0920. The number of rotatable bonds is 4. The van der Waals surface area contributed by atoms with Crippen molar-refractivity contribution in [3.63, 3.8) is 0 Å². The van der Waals surface area contributed by atoms with Gasteiger partial charge in [0.1, 0.15) is 11.6 Å². The maximum Gasteiger partial charge on any atom is 0.200 e. The van der Waals surface area contributed by atoms with Gasteiger partial charge in [0.15, 0.2) is 6.61 Å². The maximum atomic E-state index is 13.2. The van der Waals surface area contributed by atoms with Crippen molar-refractivity contribution in [1.29, 1.82) is 0 Å². The molecule has 110 valence electrons. The van der Waals surface area contributed by atoms with Crippen molar-refractivity contribution in [2.24, 2.45) is 0 Å². The van der Waals surface area contributed by atoms with Crippen molar-refractivity contribution in [2.75, 3.05) is 6.61 Å². The average molecular weight is 286 g/mol. The second-order valence-electron chi connectivity index (χ2n) is 5.40. The van der Waals surface area contributed by atoms with Crippen LogP contribution in [0.2, 0.25) is 0 Å². The molecule has 2 aromatic carbocycles. The Labute approximate surface area is 124 Å². The zero-order valence-corrected chi connectivity index (χ0v) is 12.8. The topological polar surface area (TPSA) is 26.3 Å². The van der Waals surface area contributed by atoms with Crippen LogP contribution in [0.3, 0.4) is 0 Å². The molecule has 2 rings (SSSR count). The number of benzene rings is 2. The Bertz CT molecular complexity index is 667. The number of hydrogen-bond acceptors (Lipinski definition) is 2. The van der Waals surface area contributed by atoms with Crippen LogP contribution in [0.4, 0.5) is 4.39 Å². The first-order chi connectivity index (χ1) is 9.88. The molecule has 0 fully saturated rings. The lowest BCUT2D eigenvalue weighted by atomic mass is 9.97. The summed E-state index contributed by atoms with van der Waals surface area (Å²) in [4.78, 5) is 12.3. The van der Waals surface area contributed by atoms with E-state index in [4.69, 9.17) is 4.74 Å². The normalized spacial score (nSPS) is 10.5. The predicted molar refractivity (Wildman–Crippen MR) is 81.6 cm³/mol. The van der Waals surface area contributed by atoms with E-state index in [9.17, 15) is 9.18 Å². The summed E-state index contributed by atoms with van der Waals surface area (Å²) < 4.78 is 18.7. The number of carbonyl (C=O) groups is 1. The van der Waals surface area contributed by atoms with Gasteiger partial charge in [-0.15, -0.1) is 0 Å². The molecule has 0 saturated heterocycles.